The number of carbonyl (C=O) groups excluding carboxylic acids is 4. The van der Waals surface area contributed by atoms with Crippen molar-refractivity contribution in [3.8, 4) is 5.75 Å². The number of carbonyl (C=O) groups is 4. The van der Waals surface area contributed by atoms with E-state index >= 15 is 0 Å². The molecule has 2 bridgehead atoms. The number of hydrogen-bond donors (Lipinski definition) is 0. The zero-order valence-electron chi connectivity index (χ0n) is 18.4. The molecule has 2 saturated heterocycles. The molecule has 2 aromatic rings. The van der Waals surface area contributed by atoms with Crippen LogP contribution in [0.25, 0.3) is 0 Å². The molecule has 2 aliphatic heterocycles. The minimum absolute atomic E-state index is 0.0608. The molecule has 34 heavy (non-hydrogen) atoms. The van der Waals surface area contributed by atoms with E-state index in [0.29, 0.717) is 34.0 Å². The van der Waals surface area contributed by atoms with Crippen LogP contribution in [0.15, 0.2) is 48.5 Å². The minimum atomic E-state index is -0.595. The number of fused-ring (bicyclic) bond motifs is 5. The first-order valence-electron chi connectivity index (χ1n) is 11.7. The second kappa shape index (κ2) is 7.94. The number of imide groups is 1. The summed E-state index contributed by atoms with van der Waals surface area (Å²) in [5.74, 6) is -0.832. The molecule has 2 aromatic carbocycles. The number of esters is 1. The third-order valence-electron chi connectivity index (χ3n) is 7.82. The highest BCUT2D eigenvalue weighted by atomic mass is 35.5. The van der Waals surface area contributed by atoms with Crippen LogP contribution in [0.3, 0.4) is 0 Å². The van der Waals surface area contributed by atoms with E-state index < -0.39 is 11.9 Å². The van der Waals surface area contributed by atoms with Crippen LogP contribution < -0.4 is 14.5 Å². The molecule has 0 N–H and O–H groups in total. The SMILES string of the molecule is O=C(Oc1ccc(N2C(=O)[C@@H]3[C@H]4CC[C@@H](C4)[C@H]3C2=O)cc1)[C@H]1CC(=O)N(c2cccc(Cl)c2)C1. The van der Waals surface area contributed by atoms with E-state index in [-0.39, 0.29) is 42.5 Å². The van der Waals surface area contributed by atoms with Crippen LogP contribution >= 0.6 is 11.6 Å². The van der Waals surface area contributed by atoms with Crippen LogP contribution in [-0.2, 0) is 19.2 Å². The number of halogens is 1. The molecular weight excluding hydrogens is 456 g/mol. The molecule has 0 radical (unpaired) electrons. The van der Waals surface area contributed by atoms with Crippen LogP contribution in [-0.4, -0.2) is 30.2 Å². The molecule has 174 valence electrons. The standard InChI is InChI=1S/C26H23ClN2O5/c27-17-2-1-3-19(12-17)28-13-16(11-21(28)30)26(33)34-20-8-6-18(7-9-20)29-24(31)22-14-4-5-15(10-14)23(22)25(29)32/h1-3,6-9,12,14-16,22-23H,4-5,10-11,13H2/t14-,15-,16-,22+,23+/m0/s1. The van der Waals surface area contributed by atoms with Gasteiger partial charge in [-0.15, -0.1) is 0 Å². The molecule has 4 aliphatic rings. The lowest BCUT2D eigenvalue weighted by Crippen LogP contribution is -2.32. The van der Waals surface area contributed by atoms with Gasteiger partial charge in [-0.3, -0.25) is 24.1 Å². The summed E-state index contributed by atoms with van der Waals surface area (Å²) in [5, 5.41) is 0.516. The average Bonchev–Trinajstić information content (AvgIpc) is 3.58. The van der Waals surface area contributed by atoms with E-state index in [0.717, 1.165) is 19.3 Å². The normalized spacial score (nSPS) is 29.8. The third-order valence-corrected chi connectivity index (χ3v) is 8.05. The van der Waals surface area contributed by atoms with Crippen molar-refractivity contribution in [2.45, 2.75) is 25.7 Å². The number of anilines is 2. The van der Waals surface area contributed by atoms with E-state index in [9.17, 15) is 19.2 Å². The second-order valence-corrected chi connectivity index (χ2v) is 10.1. The Morgan fingerprint density at radius 3 is 2.24 bits per heavy atom. The lowest BCUT2D eigenvalue weighted by atomic mass is 9.81. The van der Waals surface area contributed by atoms with Crippen molar-refractivity contribution in [1.82, 2.24) is 0 Å². The first-order chi connectivity index (χ1) is 16.4. The maximum Gasteiger partial charge on any atom is 0.316 e. The zero-order chi connectivity index (χ0) is 23.6. The quantitative estimate of drug-likeness (QED) is 0.379. The van der Waals surface area contributed by atoms with Crippen molar-refractivity contribution >= 4 is 46.7 Å². The van der Waals surface area contributed by atoms with Crippen LogP contribution in [0.4, 0.5) is 11.4 Å². The Kier molecular flexibility index (Phi) is 4.99. The van der Waals surface area contributed by atoms with E-state index in [1.54, 1.807) is 48.5 Å². The zero-order valence-corrected chi connectivity index (χ0v) is 19.1. The highest BCUT2D eigenvalue weighted by molar-refractivity contribution is 6.31. The maximum atomic E-state index is 13.0. The largest absolute Gasteiger partial charge is 0.426 e. The van der Waals surface area contributed by atoms with Gasteiger partial charge in [-0.2, -0.15) is 0 Å². The van der Waals surface area contributed by atoms with Gasteiger partial charge in [0.05, 0.1) is 23.4 Å². The molecule has 5 atom stereocenters. The number of amides is 3. The van der Waals surface area contributed by atoms with Crippen LogP contribution in [0.1, 0.15) is 25.7 Å². The van der Waals surface area contributed by atoms with Gasteiger partial charge in [0.1, 0.15) is 5.75 Å². The summed E-state index contributed by atoms with van der Waals surface area (Å²) in [6.45, 7) is 0.220. The maximum absolute atomic E-state index is 13.0. The molecule has 0 unspecified atom stereocenters. The van der Waals surface area contributed by atoms with Gasteiger partial charge in [-0.1, -0.05) is 17.7 Å². The molecule has 0 aromatic heterocycles. The van der Waals surface area contributed by atoms with Crippen molar-refractivity contribution in [2.24, 2.45) is 29.6 Å². The fourth-order valence-corrected chi connectivity index (χ4v) is 6.47. The lowest BCUT2D eigenvalue weighted by Gasteiger charge is -2.19. The fourth-order valence-electron chi connectivity index (χ4n) is 6.28. The molecule has 2 aliphatic carbocycles. The van der Waals surface area contributed by atoms with Gasteiger partial charge >= 0.3 is 5.97 Å². The number of hydrogen-bond acceptors (Lipinski definition) is 5. The Morgan fingerprint density at radius 2 is 1.59 bits per heavy atom. The number of ether oxygens (including phenoxy) is 1. The Bertz CT molecular complexity index is 1180. The summed E-state index contributed by atoms with van der Waals surface area (Å²) in [6, 6.07) is 13.4. The predicted octanol–water partition coefficient (Wildman–Crippen LogP) is 3.83. The van der Waals surface area contributed by atoms with Crippen molar-refractivity contribution in [3.05, 3.63) is 53.6 Å². The van der Waals surface area contributed by atoms with Crippen molar-refractivity contribution in [1.29, 1.82) is 0 Å². The van der Waals surface area contributed by atoms with E-state index in [4.69, 9.17) is 16.3 Å². The Morgan fingerprint density at radius 1 is 0.912 bits per heavy atom. The lowest BCUT2D eigenvalue weighted by molar-refractivity contribution is -0.139. The first-order valence-corrected chi connectivity index (χ1v) is 12.0. The Labute approximate surface area is 201 Å². The minimum Gasteiger partial charge on any atom is -0.426 e. The Balaban J connectivity index is 1.12. The fraction of sp³-hybridized carbons (Fsp3) is 0.385. The monoisotopic (exact) mass is 478 g/mol. The van der Waals surface area contributed by atoms with E-state index in [1.807, 2.05) is 0 Å². The Hall–Kier alpha value is -3.19. The molecule has 8 heteroatoms. The molecule has 2 saturated carbocycles. The summed E-state index contributed by atoms with van der Waals surface area (Å²) in [7, 11) is 0. The predicted molar refractivity (Wildman–Crippen MR) is 124 cm³/mol. The van der Waals surface area contributed by atoms with Gasteiger partial charge in [-0.05, 0) is 73.6 Å². The number of rotatable bonds is 4. The second-order valence-electron chi connectivity index (χ2n) is 9.70. The summed E-state index contributed by atoms with van der Waals surface area (Å²) >= 11 is 6.02. The van der Waals surface area contributed by atoms with Gasteiger partial charge < -0.3 is 9.64 Å². The highest BCUT2D eigenvalue weighted by Gasteiger charge is 2.61. The summed E-state index contributed by atoms with van der Waals surface area (Å²) < 4.78 is 5.51. The van der Waals surface area contributed by atoms with Gasteiger partial charge in [0.25, 0.3) is 0 Å². The highest BCUT2D eigenvalue weighted by Crippen LogP contribution is 2.56. The van der Waals surface area contributed by atoms with Gasteiger partial charge in [0, 0.05) is 23.7 Å². The first kappa shape index (κ1) is 21.4. The molecule has 4 fully saturated rings. The average molecular weight is 479 g/mol. The van der Waals surface area contributed by atoms with Crippen LogP contribution in [0.2, 0.25) is 5.02 Å². The van der Waals surface area contributed by atoms with Gasteiger partial charge in [-0.25, -0.2) is 0 Å². The smallest absolute Gasteiger partial charge is 0.316 e. The van der Waals surface area contributed by atoms with E-state index in [1.165, 1.54) is 9.80 Å². The van der Waals surface area contributed by atoms with Gasteiger partial charge in [0.2, 0.25) is 17.7 Å². The molecule has 2 heterocycles. The topological polar surface area (TPSA) is 84.0 Å². The molecule has 7 nitrogen and oxygen atoms in total. The van der Waals surface area contributed by atoms with E-state index in [2.05, 4.69) is 0 Å². The third kappa shape index (κ3) is 3.33. The van der Waals surface area contributed by atoms with Crippen molar-refractivity contribution < 1.29 is 23.9 Å². The molecule has 0 spiro atoms. The van der Waals surface area contributed by atoms with Crippen LogP contribution in [0.5, 0.6) is 5.75 Å². The van der Waals surface area contributed by atoms with Crippen LogP contribution in [0, 0.1) is 29.6 Å². The van der Waals surface area contributed by atoms with Crippen molar-refractivity contribution in [2.75, 3.05) is 16.3 Å². The molecular formula is C26H23ClN2O5. The summed E-state index contributed by atoms with van der Waals surface area (Å²) in [6.07, 6.45) is 3.12. The molecule has 6 rings (SSSR count). The van der Waals surface area contributed by atoms with Crippen molar-refractivity contribution in [3.63, 3.8) is 0 Å². The summed E-state index contributed by atoms with van der Waals surface area (Å²) in [4.78, 5) is 54.0. The van der Waals surface area contributed by atoms with Gasteiger partial charge in [0.15, 0.2) is 0 Å². The summed E-state index contributed by atoms with van der Waals surface area (Å²) in [5.41, 5.74) is 1.15. The molecule has 3 amide bonds. The number of nitrogens with zero attached hydrogens (tertiary/aromatic N) is 2. The number of benzene rings is 2.